The van der Waals surface area contributed by atoms with Gasteiger partial charge in [-0.15, -0.1) is 0 Å². The summed E-state index contributed by atoms with van der Waals surface area (Å²) >= 11 is 0. The molecule has 1 aromatic heterocycles. The standard InChI is InChI=1S/C22H17N3O3S/c23-12-17(29(27,28)14-8-2-1-3-9-14)22(26)21-19-15-10-4-6-13-7-5-11-16(18(13)15)20(19)24-25-21/h1-3,5,7-9,11,15,17H,4,6,10H2,(H,24,25). The molecule has 0 spiro atoms. The highest BCUT2D eigenvalue weighted by atomic mass is 32.2. The summed E-state index contributed by atoms with van der Waals surface area (Å²) < 4.78 is 25.9. The minimum atomic E-state index is -4.14. The molecule has 0 aliphatic heterocycles. The number of hydrogen-bond acceptors (Lipinski definition) is 5. The lowest BCUT2D eigenvalue weighted by Crippen LogP contribution is -2.30. The number of aryl methyl sites for hydroxylation is 1. The summed E-state index contributed by atoms with van der Waals surface area (Å²) in [6, 6.07) is 15.4. The molecule has 0 fully saturated rings. The first kappa shape index (κ1) is 17.8. The van der Waals surface area contributed by atoms with E-state index < -0.39 is 20.9 Å². The van der Waals surface area contributed by atoms with Crippen LogP contribution in [0.2, 0.25) is 0 Å². The SMILES string of the molecule is N#CC(C(=O)c1[nH]nc2c1C1CCCc3cccc-2c31)S(=O)(=O)c1ccccc1. The van der Waals surface area contributed by atoms with Gasteiger partial charge in [0.25, 0.3) is 0 Å². The van der Waals surface area contributed by atoms with Crippen LogP contribution in [0, 0.1) is 11.3 Å². The van der Waals surface area contributed by atoms with Gasteiger partial charge in [-0.3, -0.25) is 9.89 Å². The highest BCUT2D eigenvalue weighted by Crippen LogP contribution is 2.51. The van der Waals surface area contributed by atoms with Gasteiger partial charge >= 0.3 is 0 Å². The van der Waals surface area contributed by atoms with E-state index in [1.54, 1.807) is 24.3 Å². The maximum absolute atomic E-state index is 13.3. The van der Waals surface area contributed by atoms with E-state index in [1.807, 2.05) is 12.1 Å². The molecule has 6 nitrogen and oxygen atoms in total. The number of nitrogens with zero attached hydrogens (tertiary/aromatic N) is 2. The second kappa shape index (κ2) is 6.39. The molecule has 0 bridgehead atoms. The fraction of sp³-hybridized carbons (Fsp3) is 0.227. The number of Topliss-reactive ketones (excluding diaryl/α,β-unsaturated/α-hetero) is 1. The summed E-state index contributed by atoms with van der Waals surface area (Å²) in [5, 5.41) is 14.9. The van der Waals surface area contributed by atoms with Crippen LogP contribution in [0.15, 0.2) is 53.4 Å². The van der Waals surface area contributed by atoms with Crippen molar-refractivity contribution in [1.29, 1.82) is 5.26 Å². The van der Waals surface area contributed by atoms with Crippen LogP contribution in [0.5, 0.6) is 0 Å². The van der Waals surface area contributed by atoms with Crippen LogP contribution >= 0.6 is 0 Å². The topological polar surface area (TPSA) is 104 Å². The van der Waals surface area contributed by atoms with Crippen molar-refractivity contribution in [2.24, 2.45) is 0 Å². The summed E-state index contributed by atoms with van der Waals surface area (Å²) in [5.41, 5.74) is 5.02. The number of ketones is 1. The number of nitrogens with one attached hydrogen (secondary N) is 1. The van der Waals surface area contributed by atoms with Crippen LogP contribution in [0.4, 0.5) is 0 Å². The minimum Gasteiger partial charge on any atom is -0.290 e. The third-order valence-corrected chi connectivity index (χ3v) is 7.74. The molecule has 144 valence electrons. The first-order valence-corrected chi connectivity index (χ1v) is 11.0. The number of benzene rings is 2. The van der Waals surface area contributed by atoms with E-state index in [4.69, 9.17) is 0 Å². The molecule has 0 saturated carbocycles. The Hall–Kier alpha value is -3.24. The van der Waals surface area contributed by atoms with Gasteiger partial charge in [-0.2, -0.15) is 10.4 Å². The lowest BCUT2D eigenvalue weighted by molar-refractivity contribution is 0.0994. The number of rotatable bonds is 4. The van der Waals surface area contributed by atoms with Gasteiger partial charge in [0.2, 0.25) is 20.9 Å². The second-order valence-corrected chi connectivity index (χ2v) is 9.45. The molecule has 3 aromatic rings. The Kier molecular flexibility index (Phi) is 3.93. The first-order valence-electron chi connectivity index (χ1n) is 9.47. The molecule has 2 aromatic carbocycles. The number of hydrogen-bond donors (Lipinski definition) is 1. The van der Waals surface area contributed by atoms with Gasteiger partial charge in [-0.05, 0) is 42.5 Å². The minimum absolute atomic E-state index is 0.0152. The average Bonchev–Trinajstić information content (AvgIpc) is 3.30. The van der Waals surface area contributed by atoms with Crippen molar-refractivity contribution in [3.8, 4) is 17.3 Å². The maximum Gasteiger partial charge on any atom is 0.216 e. The molecule has 2 aliphatic rings. The second-order valence-electron chi connectivity index (χ2n) is 7.42. The summed E-state index contributed by atoms with van der Waals surface area (Å²) in [6.07, 6.45) is 2.85. The molecule has 5 rings (SSSR count). The zero-order chi connectivity index (χ0) is 20.2. The Morgan fingerprint density at radius 1 is 1.14 bits per heavy atom. The third-order valence-electron chi connectivity index (χ3n) is 5.88. The summed E-state index contributed by atoms with van der Waals surface area (Å²) in [5.74, 6) is -0.730. The number of fused-ring (bicyclic) bond motifs is 3. The molecule has 2 atom stereocenters. The molecule has 0 radical (unpaired) electrons. The Morgan fingerprint density at radius 2 is 1.93 bits per heavy atom. The largest absolute Gasteiger partial charge is 0.290 e. The van der Waals surface area contributed by atoms with Crippen molar-refractivity contribution in [3.63, 3.8) is 0 Å². The molecule has 2 unspecified atom stereocenters. The summed E-state index contributed by atoms with van der Waals surface area (Å²) in [4.78, 5) is 13.2. The Labute approximate surface area is 168 Å². The van der Waals surface area contributed by atoms with E-state index >= 15 is 0 Å². The quantitative estimate of drug-likeness (QED) is 0.673. The molecule has 1 heterocycles. The Bertz CT molecular complexity index is 1290. The van der Waals surface area contributed by atoms with Crippen molar-refractivity contribution in [2.45, 2.75) is 35.3 Å². The van der Waals surface area contributed by atoms with Gasteiger partial charge in [0.05, 0.1) is 16.7 Å². The van der Waals surface area contributed by atoms with Crippen LogP contribution in [0.25, 0.3) is 11.3 Å². The van der Waals surface area contributed by atoms with Gasteiger partial charge in [0.1, 0.15) is 5.69 Å². The van der Waals surface area contributed by atoms with E-state index in [1.165, 1.54) is 23.3 Å². The van der Waals surface area contributed by atoms with Gasteiger partial charge in [0.15, 0.2) is 0 Å². The van der Waals surface area contributed by atoms with Crippen molar-refractivity contribution >= 4 is 15.6 Å². The van der Waals surface area contributed by atoms with E-state index in [9.17, 15) is 18.5 Å². The first-order chi connectivity index (χ1) is 14.0. The van der Waals surface area contributed by atoms with Gasteiger partial charge < -0.3 is 0 Å². The maximum atomic E-state index is 13.3. The van der Waals surface area contributed by atoms with Crippen LogP contribution in [0.3, 0.4) is 0 Å². The Balaban J connectivity index is 1.61. The highest BCUT2D eigenvalue weighted by Gasteiger charge is 2.42. The Morgan fingerprint density at radius 3 is 2.69 bits per heavy atom. The number of H-pyrrole nitrogens is 1. The molecule has 29 heavy (non-hydrogen) atoms. The zero-order valence-corrected chi connectivity index (χ0v) is 16.2. The zero-order valence-electron chi connectivity index (χ0n) is 15.4. The third kappa shape index (κ3) is 2.49. The predicted molar refractivity (Wildman–Crippen MR) is 106 cm³/mol. The highest BCUT2D eigenvalue weighted by molar-refractivity contribution is 7.93. The lowest BCUT2D eigenvalue weighted by atomic mass is 9.81. The number of sulfone groups is 1. The van der Waals surface area contributed by atoms with Gasteiger partial charge in [-0.1, -0.05) is 36.4 Å². The molecular formula is C22H17N3O3S. The number of carbonyl (C=O) groups excluding carboxylic acids is 1. The number of nitriles is 1. The van der Waals surface area contributed by atoms with E-state index in [0.717, 1.165) is 30.4 Å². The van der Waals surface area contributed by atoms with Crippen LogP contribution in [-0.4, -0.2) is 29.6 Å². The lowest BCUT2D eigenvalue weighted by Gasteiger charge is -2.23. The molecule has 2 aliphatic carbocycles. The van der Waals surface area contributed by atoms with E-state index in [2.05, 4.69) is 16.3 Å². The van der Waals surface area contributed by atoms with Crippen molar-refractivity contribution < 1.29 is 13.2 Å². The van der Waals surface area contributed by atoms with E-state index in [-0.39, 0.29) is 16.5 Å². The summed E-state index contributed by atoms with van der Waals surface area (Å²) in [7, 11) is -4.14. The monoisotopic (exact) mass is 403 g/mol. The molecule has 1 N–H and O–H groups in total. The van der Waals surface area contributed by atoms with Crippen molar-refractivity contribution in [3.05, 3.63) is 70.9 Å². The molecule has 0 saturated heterocycles. The number of aromatic nitrogens is 2. The predicted octanol–water partition coefficient (Wildman–Crippen LogP) is 3.41. The smallest absolute Gasteiger partial charge is 0.216 e. The normalized spacial score (nSPS) is 17.8. The van der Waals surface area contributed by atoms with Crippen LogP contribution in [0.1, 0.15) is 45.9 Å². The van der Waals surface area contributed by atoms with Crippen molar-refractivity contribution in [1.82, 2.24) is 10.2 Å². The fourth-order valence-electron chi connectivity index (χ4n) is 4.61. The molecule has 0 amide bonds. The van der Waals surface area contributed by atoms with Gasteiger partial charge in [-0.25, -0.2) is 8.42 Å². The van der Waals surface area contributed by atoms with Gasteiger partial charge in [0, 0.05) is 17.0 Å². The summed E-state index contributed by atoms with van der Waals surface area (Å²) in [6.45, 7) is 0. The number of aromatic amines is 1. The van der Waals surface area contributed by atoms with Crippen molar-refractivity contribution in [2.75, 3.05) is 0 Å². The molecular weight excluding hydrogens is 386 g/mol. The van der Waals surface area contributed by atoms with Crippen LogP contribution in [-0.2, 0) is 16.3 Å². The van der Waals surface area contributed by atoms with Crippen LogP contribution < -0.4 is 0 Å². The van der Waals surface area contributed by atoms with E-state index in [0.29, 0.717) is 5.69 Å². The fourth-order valence-corrected chi connectivity index (χ4v) is 5.96. The molecule has 7 heteroatoms. The number of carbonyl (C=O) groups is 1. The average molecular weight is 403 g/mol.